The van der Waals surface area contributed by atoms with Crippen LogP contribution in [-0.4, -0.2) is 89.3 Å². The molecule has 0 aromatic carbocycles. The molecule has 34 heavy (non-hydrogen) atoms. The van der Waals surface area contributed by atoms with Crippen molar-refractivity contribution in [1.82, 2.24) is 9.55 Å². The summed E-state index contributed by atoms with van der Waals surface area (Å²) < 4.78 is 48.7. The molecular weight excluding hydrogens is 508 g/mol. The number of nitrogens with zero attached hydrogens (tertiary/aromatic N) is 2. The van der Waals surface area contributed by atoms with Gasteiger partial charge < -0.3 is 45.4 Å². The minimum atomic E-state index is -5.35. The molecule has 0 spiro atoms. The van der Waals surface area contributed by atoms with E-state index in [0.29, 0.717) is 0 Å². The number of ether oxygens (including phenoxy) is 2. The molecule has 10 atom stereocenters. The summed E-state index contributed by atoms with van der Waals surface area (Å²) in [6, 6.07) is 1.23. The van der Waals surface area contributed by atoms with Crippen LogP contribution in [0.5, 0.6) is 0 Å². The van der Waals surface area contributed by atoms with Crippen molar-refractivity contribution in [3.8, 4) is 0 Å². The summed E-state index contributed by atoms with van der Waals surface area (Å²) in [5.41, 5.74) is 4.48. The number of nitrogen functional groups attached to an aromatic ring is 1. The maximum Gasteiger partial charge on any atom is 0.483 e. The molecule has 17 nitrogen and oxygen atoms in total. The van der Waals surface area contributed by atoms with E-state index in [1.165, 1.54) is 13.0 Å². The highest BCUT2D eigenvalue weighted by Crippen LogP contribution is 2.61. The third-order valence-corrected chi connectivity index (χ3v) is 7.60. The molecule has 3 rings (SSSR count). The molecule has 2 aliphatic heterocycles. The van der Waals surface area contributed by atoms with Crippen LogP contribution in [0.2, 0.25) is 0 Å². The normalized spacial score (nSPS) is 37.7. The van der Waals surface area contributed by atoms with Crippen molar-refractivity contribution < 1.29 is 62.2 Å². The molecule has 0 aliphatic carbocycles. The van der Waals surface area contributed by atoms with Crippen molar-refractivity contribution >= 4 is 21.5 Å². The molecule has 8 N–H and O–H groups in total. The Kier molecular flexibility index (Phi) is 8.32. The van der Waals surface area contributed by atoms with Crippen molar-refractivity contribution in [3.63, 3.8) is 0 Å². The van der Waals surface area contributed by atoms with Crippen molar-refractivity contribution in [2.24, 2.45) is 0 Å². The lowest BCUT2D eigenvalue weighted by atomic mass is 10.0. The van der Waals surface area contributed by atoms with Gasteiger partial charge in [0, 0.05) is 12.6 Å². The van der Waals surface area contributed by atoms with Crippen LogP contribution in [-0.2, 0) is 32.0 Å². The fourth-order valence-corrected chi connectivity index (χ4v) is 5.40. The monoisotopic (exact) mass is 533 g/mol. The number of phosphoric ester groups is 2. The number of nitrogens with two attached hydrogens (primary N) is 1. The Hall–Kier alpha value is -1.30. The van der Waals surface area contributed by atoms with Gasteiger partial charge in [0.25, 0.3) is 0 Å². The molecule has 3 unspecified atom stereocenters. The van der Waals surface area contributed by atoms with Gasteiger partial charge in [-0.25, -0.2) is 13.9 Å². The molecule has 1 aromatic heterocycles. The summed E-state index contributed by atoms with van der Waals surface area (Å²) in [6.45, 7) is 0.477. The maximum absolute atomic E-state index is 12.1. The van der Waals surface area contributed by atoms with Crippen molar-refractivity contribution in [1.29, 1.82) is 0 Å². The lowest BCUT2D eigenvalue weighted by molar-refractivity contribution is -0.233. The smallest absolute Gasteiger partial charge is 0.390 e. The third-order valence-electron chi connectivity index (χ3n) is 5.00. The van der Waals surface area contributed by atoms with Crippen LogP contribution in [0.4, 0.5) is 5.82 Å². The molecule has 3 heterocycles. The molecule has 19 heteroatoms. The number of aliphatic hydroxyl groups excluding tert-OH is 4. The summed E-state index contributed by atoms with van der Waals surface area (Å²) in [5, 5.41) is 39.7. The van der Waals surface area contributed by atoms with Crippen LogP contribution in [0.1, 0.15) is 19.6 Å². The van der Waals surface area contributed by atoms with Crippen LogP contribution in [0, 0.1) is 0 Å². The number of hydrogen-bond acceptors (Lipinski definition) is 14. The molecule has 2 fully saturated rings. The van der Waals surface area contributed by atoms with Gasteiger partial charge in [-0.2, -0.15) is 9.29 Å². The first-order valence-electron chi connectivity index (χ1n) is 9.77. The minimum Gasteiger partial charge on any atom is -0.390 e. The quantitative estimate of drug-likeness (QED) is 0.171. The zero-order valence-electron chi connectivity index (χ0n) is 17.5. The van der Waals surface area contributed by atoms with Crippen LogP contribution in [0.15, 0.2) is 17.1 Å². The summed E-state index contributed by atoms with van der Waals surface area (Å²) >= 11 is 0. The van der Waals surface area contributed by atoms with E-state index in [1.54, 1.807) is 0 Å². The molecule has 2 saturated heterocycles. The summed E-state index contributed by atoms with van der Waals surface area (Å²) in [7, 11) is -10.7. The minimum absolute atomic E-state index is 0.0973. The molecule has 0 amide bonds. The van der Waals surface area contributed by atoms with Gasteiger partial charge in [-0.3, -0.25) is 13.6 Å². The van der Waals surface area contributed by atoms with E-state index in [-0.39, 0.29) is 12.2 Å². The zero-order valence-corrected chi connectivity index (χ0v) is 19.3. The Morgan fingerprint density at radius 2 is 1.82 bits per heavy atom. The number of aliphatic hydroxyl groups is 4. The predicted octanol–water partition coefficient (Wildman–Crippen LogP) is -2.45. The van der Waals surface area contributed by atoms with E-state index < -0.39 is 77.1 Å². The van der Waals surface area contributed by atoms with Crippen LogP contribution in [0.3, 0.4) is 0 Å². The topological polar surface area (TPSA) is 263 Å². The van der Waals surface area contributed by atoms with Crippen LogP contribution >= 0.6 is 15.6 Å². The van der Waals surface area contributed by atoms with E-state index in [9.17, 15) is 44.1 Å². The Bertz CT molecular complexity index is 1020. The Morgan fingerprint density at radius 1 is 1.15 bits per heavy atom. The first kappa shape index (κ1) is 27.3. The first-order chi connectivity index (χ1) is 15.7. The van der Waals surface area contributed by atoms with Gasteiger partial charge in [-0.05, 0) is 13.0 Å². The average molecular weight is 533 g/mol. The molecule has 0 saturated carbocycles. The maximum atomic E-state index is 12.1. The Balaban J connectivity index is 1.59. The molecular formula is C15H25N3O14P2. The summed E-state index contributed by atoms with van der Waals surface area (Å²) in [6.07, 6.45) is -10.7. The van der Waals surface area contributed by atoms with Crippen molar-refractivity contribution in [3.05, 3.63) is 22.7 Å². The van der Waals surface area contributed by atoms with Gasteiger partial charge in [-0.1, -0.05) is 0 Å². The van der Waals surface area contributed by atoms with E-state index in [1.807, 2.05) is 0 Å². The second kappa shape index (κ2) is 10.4. The number of hydrogen-bond donors (Lipinski definition) is 7. The van der Waals surface area contributed by atoms with E-state index in [0.717, 1.165) is 10.8 Å². The molecule has 194 valence electrons. The first-order valence-corrected chi connectivity index (χ1v) is 12.8. The van der Waals surface area contributed by atoms with E-state index in [2.05, 4.69) is 18.3 Å². The van der Waals surface area contributed by atoms with Gasteiger partial charge in [-0.15, -0.1) is 0 Å². The van der Waals surface area contributed by atoms with Gasteiger partial charge in [0.15, 0.2) is 12.5 Å². The van der Waals surface area contributed by atoms with Crippen molar-refractivity contribution in [2.75, 3.05) is 12.3 Å². The standard InChI is InChI=1S/C15H25N3O14P2/c1-6-7(19)4-8(20)14(29-6)31-34(26,27)32-33(24,25)28-5-9-11(21)12(22)13(30-9)18-3-2-10(16)17-15(18)23/h2-3,6-9,11-14,19-22H,4-5H2,1H3,(H,24,25)(H,26,27)(H2,16,17,23)/t6-,7-,8-,9-,11-,12-,13-,14?/m1/s1. The van der Waals surface area contributed by atoms with Crippen molar-refractivity contribution in [2.45, 2.75) is 62.5 Å². The van der Waals surface area contributed by atoms with Gasteiger partial charge in [0.1, 0.15) is 30.2 Å². The summed E-state index contributed by atoms with van der Waals surface area (Å²) in [5.74, 6) is -0.0973. The van der Waals surface area contributed by atoms with Gasteiger partial charge >= 0.3 is 21.3 Å². The van der Waals surface area contributed by atoms with Crippen LogP contribution < -0.4 is 11.4 Å². The molecule has 0 bridgehead atoms. The van der Waals surface area contributed by atoms with E-state index >= 15 is 0 Å². The van der Waals surface area contributed by atoms with Crippen LogP contribution in [0.25, 0.3) is 0 Å². The lowest BCUT2D eigenvalue weighted by Crippen LogP contribution is -2.46. The van der Waals surface area contributed by atoms with E-state index in [4.69, 9.17) is 15.2 Å². The third kappa shape index (κ3) is 6.47. The largest absolute Gasteiger partial charge is 0.483 e. The highest BCUT2D eigenvalue weighted by molar-refractivity contribution is 7.61. The highest BCUT2D eigenvalue weighted by atomic mass is 31.3. The lowest BCUT2D eigenvalue weighted by Gasteiger charge is -2.35. The second-order valence-electron chi connectivity index (χ2n) is 7.59. The number of phosphoric acid groups is 2. The molecule has 1 aromatic rings. The van der Waals surface area contributed by atoms with Gasteiger partial charge in [0.2, 0.25) is 0 Å². The zero-order chi connectivity index (χ0) is 25.4. The predicted molar refractivity (Wildman–Crippen MR) is 108 cm³/mol. The number of rotatable bonds is 8. The highest BCUT2D eigenvalue weighted by Gasteiger charge is 2.47. The molecule has 0 radical (unpaired) electrons. The second-order valence-corrected chi connectivity index (χ2v) is 10.6. The summed E-state index contributed by atoms with van der Waals surface area (Å²) in [4.78, 5) is 34.9. The fraction of sp³-hybridized carbons (Fsp3) is 0.733. The average Bonchev–Trinajstić information content (AvgIpc) is 2.98. The Labute approximate surface area is 191 Å². The number of anilines is 1. The molecule has 2 aliphatic rings. The van der Waals surface area contributed by atoms with Gasteiger partial charge in [0.05, 0.1) is 18.8 Å². The Morgan fingerprint density at radius 3 is 2.47 bits per heavy atom. The number of aromatic nitrogens is 2. The SMILES string of the molecule is C[C@H]1OC(OP(=O)(O)OP(=O)(O)OC[C@H]2O[C@@H](n3ccc(N)nc3=O)[C@H](O)[C@@H]2O)[C@H](O)C[C@H]1O. The fourth-order valence-electron chi connectivity index (χ4n) is 3.23.